The summed E-state index contributed by atoms with van der Waals surface area (Å²) in [5.41, 5.74) is 3.00. The standard InChI is InChI=1S/C28H35OP/c1-2-3-4-5-6-7-17-24-30-29-28(25-18-11-8-12-19-25,26-20-13-9-14-21-26)27-22-15-10-16-23-27/h8-16,18-23,30H,2-7,17,24H2,1H3. The fraction of sp³-hybridized carbons (Fsp3) is 0.357. The molecule has 30 heavy (non-hydrogen) atoms. The summed E-state index contributed by atoms with van der Waals surface area (Å²) in [4.78, 5) is 0. The molecule has 0 fully saturated rings. The molecule has 0 spiro atoms. The first kappa shape index (κ1) is 22.7. The van der Waals surface area contributed by atoms with Crippen molar-refractivity contribution in [3.05, 3.63) is 108 Å². The second-order valence-electron chi connectivity index (χ2n) is 7.90. The lowest BCUT2D eigenvalue weighted by Crippen LogP contribution is -2.30. The molecular formula is C28H35OP. The van der Waals surface area contributed by atoms with E-state index in [1.54, 1.807) is 0 Å². The number of benzene rings is 3. The maximum absolute atomic E-state index is 6.86. The van der Waals surface area contributed by atoms with Gasteiger partial charge in [0, 0.05) is 8.81 Å². The van der Waals surface area contributed by atoms with Crippen LogP contribution >= 0.6 is 8.81 Å². The number of hydrogen-bond donors (Lipinski definition) is 0. The van der Waals surface area contributed by atoms with Crippen molar-refractivity contribution in [2.45, 2.75) is 57.5 Å². The predicted octanol–water partition coefficient (Wildman–Crippen LogP) is 8.34. The van der Waals surface area contributed by atoms with Crippen LogP contribution in [0.25, 0.3) is 0 Å². The molecule has 1 atom stereocenters. The lowest BCUT2D eigenvalue weighted by atomic mass is 9.80. The SMILES string of the molecule is CCCCCCCCCPOC(c1ccccc1)(c1ccccc1)c1ccccc1. The summed E-state index contributed by atoms with van der Waals surface area (Å²) in [5, 5.41) is 0. The molecule has 0 aromatic heterocycles. The van der Waals surface area contributed by atoms with Crippen molar-refractivity contribution in [1.82, 2.24) is 0 Å². The summed E-state index contributed by atoms with van der Waals surface area (Å²) < 4.78 is 6.86. The van der Waals surface area contributed by atoms with E-state index in [0.29, 0.717) is 8.81 Å². The van der Waals surface area contributed by atoms with Crippen molar-refractivity contribution in [1.29, 1.82) is 0 Å². The van der Waals surface area contributed by atoms with Gasteiger partial charge in [0.15, 0.2) is 0 Å². The molecule has 3 aromatic carbocycles. The van der Waals surface area contributed by atoms with Crippen molar-refractivity contribution in [3.8, 4) is 0 Å². The van der Waals surface area contributed by atoms with Crippen LogP contribution in [-0.4, -0.2) is 6.16 Å². The zero-order valence-electron chi connectivity index (χ0n) is 18.2. The van der Waals surface area contributed by atoms with Gasteiger partial charge in [-0.25, -0.2) is 0 Å². The molecule has 0 aliphatic heterocycles. The molecule has 158 valence electrons. The smallest absolute Gasteiger partial charge is 0.147 e. The Morgan fingerprint density at radius 2 is 0.967 bits per heavy atom. The third-order valence-corrected chi connectivity index (χ3v) is 6.66. The number of unbranched alkanes of at least 4 members (excludes halogenated alkanes) is 6. The fourth-order valence-corrected chi connectivity index (χ4v) is 5.08. The van der Waals surface area contributed by atoms with E-state index < -0.39 is 5.60 Å². The Hall–Kier alpha value is -1.95. The maximum atomic E-state index is 6.86. The molecular weight excluding hydrogens is 383 g/mol. The minimum atomic E-state index is -0.566. The van der Waals surface area contributed by atoms with Gasteiger partial charge >= 0.3 is 0 Å². The lowest BCUT2D eigenvalue weighted by Gasteiger charge is -2.35. The molecule has 0 saturated carbocycles. The summed E-state index contributed by atoms with van der Waals surface area (Å²) in [6, 6.07) is 32.0. The zero-order valence-corrected chi connectivity index (χ0v) is 19.2. The summed E-state index contributed by atoms with van der Waals surface area (Å²) in [5.74, 6) is 0. The van der Waals surface area contributed by atoms with E-state index in [4.69, 9.17) is 4.52 Å². The average Bonchev–Trinajstić information content (AvgIpc) is 2.82. The maximum Gasteiger partial charge on any atom is 0.147 e. The first-order valence-electron chi connectivity index (χ1n) is 11.5. The van der Waals surface area contributed by atoms with Crippen LogP contribution in [0.1, 0.15) is 68.6 Å². The highest BCUT2D eigenvalue weighted by molar-refractivity contribution is 7.32. The minimum Gasteiger partial charge on any atom is -0.342 e. The van der Waals surface area contributed by atoms with Crippen molar-refractivity contribution >= 4 is 8.81 Å². The van der Waals surface area contributed by atoms with E-state index in [2.05, 4.69) is 97.9 Å². The van der Waals surface area contributed by atoms with Crippen LogP contribution in [0.5, 0.6) is 0 Å². The van der Waals surface area contributed by atoms with E-state index in [9.17, 15) is 0 Å². The van der Waals surface area contributed by atoms with Gasteiger partial charge in [0.1, 0.15) is 5.60 Å². The van der Waals surface area contributed by atoms with Gasteiger partial charge in [-0.3, -0.25) is 0 Å². The quantitative estimate of drug-likeness (QED) is 0.154. The Morgan fingerprint density at radius 3 is 1.40 bits per heavy atom. The van der Waals surface area contributed by atoms with Crippen LogP contribution in [0.4, 0.5) is 0 Å². The van der Waals surface area contributed by atoms with Gasteiger partial charge < -0.3 is 4.52 Å². The van der Waals surface area contributed by atoms with Gasteiger partial charge in [-0.05, 0) is 29.3 Å². The summed E-state index contributed by atoms with van der Waals surface area (Å²) in [6.45, 7) is 2.27. The first-order valence-corrected chi connectivity index (χ1v) is 12.6. The molecule has 0 amide bonds. The van der Waals surface area contributed by atoms with Gasteiger partial charge in [-0.1, -0.05) is 136 Å². The van der Waals surface area contributed by atoms with E-state index in [1.807, 2.05) is 0 Å². The van der Waals surface area contributed by atoms with E-state index >= 15 is 0 Å². The lowest BCUT2D eigenvalue weighted by molar-refractivity contribution is 0.184. The van der Waals surface area contributed by atoms with Gasteiger partial charge in [0.25, 0.3) is 0 Å². The molecule has 0 heterocycles. The average molecular weight is 419 g/mol. The highest BCUT2D eigenvalue weighted by Gasteiger charge is 2.37. The molecule has 0 saturated heterocycles. The van der Waals surface area contributed by atoms with Crippen molar-refractivity contribution < 1.29 is 4.52 Å². The number of hydrogen-bond acceptors (Lipinski definition) is 1. The largest absolute Gasteiger partial charge is 0.342 e. The summed E-state index contributed by atoms with van der Waals surface area (Å²) in [7, 11) is 0.472. The van der Waals surface area contributed by atoms with Crippen LogP contribution in [0.15, 0.2) is 91.0 Å². The molecule has 0 aliphatic rings. The molecule has 2 heteroatoms. The summed E-state index contributed by atoms with van der Waals surface area (Å²) in [6.07, 6.45) is 10.5. The normalized spacial score (nSPS) is 11.9. The van der Waals surface area contributed by atoms with Crippen LogP contribution in [0.2, 0.25) is 0 Å². The molecule has 0 radical (unpaired) electrons. The Morgan fingerprint density at radius 1 is 0.567 bits per heavy atom. The Kier molecular flexibility index (Phi) is 9.61. The van der Waals surface area contributed by atoms with Crippen LogP contribution in [0, 0.1) is 0 Å². The highest BCUT2D eigenvalue weighted by atomic mass is 31.1. The van der Waals surface area contributed by atoms with Crippen molar-refractivity contribution in [2.75, 3.05) is 6.16 Å². The highest BCUT2D eigenvalue weighted by Crippen LogP contribution is 2.44. The Balaban J connectivity index is 1.77. The molecule has 0 bridgehead atoms. The van der Waals surface area contributed by atoms with Crippen molar-refractivity contribution in [3.63, 3.8) is 0 Å². The number of rotatable bonds is 13. The predicted molar refractivity (Wildman–Crippen MR) is 131 cm³/mol. The minimum absolute atomic E-state index is 0.472. The molecule has 3 aromatic rings. The van der Waals surface area contributed by atoms with Crippen LogP contribution < -0.4 is 0 Å². The second-order valence-corrected chi connectivity index (χ2v) is 8.89. The Labute approximate surface area is 184 Å². The molecule has 1 nitrogen and oxygen atoms in total. The van der Waals surface area contributed by atoms with E-state index in [0.717, 1.165) is 6.16 Å². The topological polar surface area (TPSA) is 9.23 Å². The second kappa shape index (κ2) is 12.7. The molecule has 3 rings (SSSR count). The van der Waals surface area contributed by atoms with Crippen LogP contribution in [-0.2, 0) is 10.1 Å². The van der Waals surface area contributed by atoms with Gasteiger partial charge in [0.05, 0.1) is 0 Å². The third-order valence-electron chi connectivity index (χ3n) is 5.65. The monoisotopic (exact) mass is 418 g/mol. The van der Waals surface area contributed by atoms with Gasteiger partial charge in [0.2, 0.25) is 0 Å². The first-order chi connectivity index (χ1) is 14.9. The van der Waals surface area contributed by atoms with Crippen molar-refractivity contribution in [2.24, 2.45) is 0 Å². The molecule has 0 N–H and O–H groups in total. The summed E-state index contributed by atoms with van der Waals surface area (Å²) >= 11 is 0. The molecule has 0 aliphatic carbocycles. The zero-order chi connectivity index (χ0) is 20.9. The van der Waals surface area contributed by atoms with E-state index in [1.165, 1.54) is 61.6 Å². The third kappa shape index (κ3) is 6.03. The van der Waals surface area contributed by atoms with E-state index in [-0.39, 0.29) is 0 Å². The molecule has 1 unspecified atom stereocenters. The van der Waals surface area contributed by atoms with Gasteiger partial charge in [-0.15, -0.1) is 0 Å². The van der Waals surface area contributed by atoms with Crippen LogP contribution in [0.3, 0.4) is 0 Å². The fourth-order valence-electron chi connectivity index (χ4n) is 4.01. The van der Waals surface area contributed by atoms with Gasteiger partial charge in [-0.2, -0.15) is 0 Å². The Bertz CT molecular complexity index is 720.